The van der Waals surface area contributed by atoms with Gasteiger partial charge >= 0.3 is 0 Å². The van der Waals surface area contributed by atoms with Crippen molar-refractivity contribution >= 4 is 11.8 Å². The topological polar surface area (TPSA) is 65.8 Å². The van der Waals surface area contributed by atoms with Crippen molar-refractivity contribution in [3.05, 3.63) is 47.7 Å². The molecule has 1 atom stereocenters. The zero-order valence-electron chi connectivity index (χ0n) is 14.2. The van der Waals surface area contributed by atoms with Gasteiger partial charge in [-0.2, -0.15) is 0 Å². The van der Waals surface area contributed by atoms with Crippen molar-refractivity contribution in [1.82, 2.24) is 15.1 Å². The molecule has 2 amide bonds. The average molecular weight is 339 g/mol. The number of nitrogens with zero attached hydrogens (tertiary/aromatic N) is 2. The molecule has 0 saturated carbocycles. The predicted molar refractivity (Wildman–Crippen MR) is 92.7 cm³/mol. The van der Waals surface area contributed by atoms with Crippen LogP contribution in [0.5, 0.6) is 0 Å². The van der Waals surface area contributed by atoms with E-state index in [4.69, 9.17) is 4.42 Å². The van der Waals surface area contributed by atoms with Gasteiger partial charge in [0.25, 0.3) is 0 Å². The SMILES string of the molecule is Cc1ccc(-c2ccccc2CN2CCN3C(=O)CNC(=O)[C@H]3C2)o1. The number of nitrogens with one attached hydrogen (secondary N) is 1. The first-order valence-corrected chi connectivity index (χ1v) is 8.56. The number of amides is 2. The molecule has 0 bridgehead atoms. The van der Waals surface area contributed by atoms with Crippen LogP contribution in [0.15, 0.2) is 40.8 Å². The van der Waals surface area contributed by atoms with Gasteiger partial charge in [-0.15, -0.1) is 0 Å². The Morgan fingerprint density at radius 2 is 2.00 bits per heavy atom. The number of fused-ring (bicyclic) bond motifs is 1. The van der Waals surface area contributed by atoms with Gasteiger partial charge in [-0.05, 0) is 24.6 Å². The number of carbonyl (C=O) groups is 2. The maximum Gasteiger partial charge on any atom is 0.244 e. The minimum Gasteiger partial charge on any atom is -0.461 e. The third-order valence-corrected chi connectivity index (χ3v) is 4.92. The van der Waals surface area contributed by atoms with Gasteiger partial charge in [0.2, 0.25) is 11.8 Å². The Morgan fingerprint density at radius 3 is 2.80 bits per heavy atom. The number of hydrogen-bond acceptors (Lipinski definition) is 4. The fourth-order valence-electron chi connectivity index (χ4n) is 3.61. The Morgan fingerprint density at radius 1 is 1.16 bits per heavy atom. The lowest BCUT2D eigenvalue weighted by Gasteiger charge is -2.43. The number of rotatable bonds is 3. The number of carbonyl (C=O) groups excluding carboxylic acids is 2. The summed E-state index contributed by atoms with van der Waals surface area (Å²) >= 11 is 0. The highest BCUT2D eigenvalue weighted by Gasteiger charge is 2.38. The standard InChI is InChI=1S/C19H21N3O3/c1-13-6-7-17(25-13)15-5-3-2-4-14(15)11-21-8-9-22-16(12-21)19(24)20-10-18(22)23/h2-7,16H,8-12H2,1H3,(H,20,24)/t16-/m1/s1. The van der Waals surface area contributed by atoms with Gasteiger partial charge in [0.15, 0.2) is 0 Å². The minimum absolute atomic E-state index is 0.00992. The molecule has 2 aromatic rings. The van der Waals surface area contributed by atoms with Crippen LogP contribution in [0.1, 0.15) is 11.3 Å². The molecule has 3 heterocycles. The van der Waals surface area contributed by atoms with E-state index < -0.39 is 0 Å². The van der Waals surface area contributed by atoms with Gasteiger partial charge in [0.1, 0.15) is 17.6 Å². The van der Waals surface area contributed by atoms with E-state index in [1.165, 1.54) is 0 Å². The van der Waals surface area contributed by atoms with Gasteiger partial charge in [-0.1, -0.05) is 24.3 Å². The zero-order chi connectivity index (χ0) is 17.4. The summed E-state index contributed by atoms with van der Waals surface area (Å²) in [6.07, 6.45) is 0. The summed E-state index contributed by atoms with van der Waals surface area (Å²) in [4.78, 5) is 28.0. The predicted octanol–water partition coefficient (Wildman–Crippen LogP) is 1.40. The number of hydrogen-bond donors (Lipinski definition) is 1. The normalized spacial score (nSPS) is 21.2. The highest BCUT2D eigenvalue weighted by Crippen LogP contribution is 2.27. The molecule has 2 fully saturated rings. The van der Waals surface area contributed by atoms with Crippen LogP contribution in [0, 0.1) is 6.92 Å². The Balaban J connectivity index is 1.54. The lowest BCUT2D eigenvalue weighted by molar-refractivity contribution is -0.149. The van der Waals surface area contributed by atoms with Crippen molar-refractivity contribution in [2.24, 2.45) is 0 Å². The van der Waals surface area contributed by atoms with Gasteiger partial charge in [-0.25, -0.2) is 0 Å². The van der Waals surface area contributed by atoms with Crippen LogP contribution in [0.4, 0.5) is 0 Å². The first-order chi connectivity index (χ1) is 12.1. The summed E-state index contributed by atoms with van der Waals surface area (Å²) < 4.78 is 5.78. The van der Waals surface area contributed by atoms with E-state index in [9.17, 15) is 9.59 Å². The fraction of sp³-hybridized carbons (Fsp3) is 0.368. The molecule has 25 heavy (non-hydrogen) atoms. The van der Waals surface area contributed by atoms with Crippen molar-refractivity contribution in [2.45, 2.75) is 19.5 Å². The second-order valence-electron chi connectivity index (χ2n) is 6.62. The van der Waals surface area contributed by atoms with Crippen molar-refractivity contribution in [2.75, 3.05) is 26.2 Å². The van der Waals surface area contributed by atoms with E-state index in [2.05, 4.69) is 22.3 Å². The van der Waals surface area contributed by atoms with E-state index in [0.29, 0.717) is 13.1 Å². The molecule has 0 radical (unpaired) electrons. The van der Waals surface area contributed by atoms with Crippen LogP contribution in [0.25, 0.3) is 11.3 Å². The van der Waals surface area contributed by atoms with Crippen LogP contribution in [-0.2, 0) is 16.1 Å². The van der Waals surface area contributed by atoms with E-state index in [-0.39, 0.29) is 24.4 Å². The molecule has 0 unspecified atom stereocenters. The summed E-state index contributed by atoms with van der Waals surface area (Å²) in [5.41, 5.74) is 2.23. The van der Waals surface area contributed by atoms with Crippen LogP contribution in [-0.4, -0.2) is 53.8 Å². The lowest BCUT2D eigenvalue weighted by atomic mass is 10.0. The first kappa shape index (κ1) is 15.9. The smallest absolute Gasteiger partial charge is 0.244 e. The molecule has 4 rings (SSSR count). The molecule has 2 aliphatic rings. The lowest BCUT2D eigenvalue weighted by Crippen LogP contribution is -2.65. The number of furan rings is 1. The Hall–Kier alpha value is -2.60. The Labute approximate surface area is 146 Å². The number of aryl methyl sites for hydroxylation is 1. The zero-order valence-corrected chi connectivity index (χ0v) is 14.2. The Kier molecular flexibility index (Phi) is 4.05. The Bertz CT molecular complexity index is 814. The fourth-order valence-corrected chi connectivity index (χ4v) is 3.61. The highest BCUT2D eigenvalue weighted by atomic mass is 16.3. The van der Waals surface area contributed by atoms with E-state index in [1.807, 2.05) is 31.2 Å². The molecule has 6 nitrogen and oxygen atoms in total. The molecule has 2 saturated heterocycles. The van der Waals surface area contributed by atoms with Crippen molar-refractivity contribution < 1.29 is 14.0 Å². The maximum atomic E-state index is 12.1. The second kappa shape index (κ2) is 6.37. The van der Waals surface area contributed by atoms with Crippen molar-refractivity contribution in [1.29, 1.82) is 0 Å². The molecule has 6 heteroatoms. The highest BCUT2D eigenvalue weighted by molar-refractivity contribution is 5.95. The molecule has 130 valence electrons. The molecule has 1 aromatic heterocycles. The van der Waals surface area contributed by atoms with E-state index in [0.717, 1.165) is 35.7 Å². The van der Waals surface area contributed by atoms with Gasteiger partial charge in [0, 0.05) is 31.7 Å². The summed E-state index contributed by atoms with van der Waals surface area (Å²) in [5, 5.41) is 2.68. The number of benzene rings is 1. The van der Waals surface area contributed by atoms with Gasteiger partial charge in [-0.3, -0.25) is 14.5 Å². The molecular weight excluding hydrogens is 318 g/mol. The summed E-state index contributed by atoms with van der Waals surface area (Å²) in [6.45, 7) is 4.70. The first-order valence-electron chi connectivity index (χ1n) is 8.56. The number of piperazine rings is 2. The molecule has 2 aliphatic heterocycles. The van der Waals surface area contributed by atoms with Crippen LogP contribution in [0.3, 0.4) is 0 Å². The van der Waals surface area contributed by atoms with Gasteiger partial charge in [0.05, 0.1) is 6.54 Å². The largest absolute Gasteiger partial charge is 0.461 e. The van der Waals surface area contributed by atoms with E-state index >= 15 is 0 Å². The average Bonchev–Trinajstić information content (AvgIpc) is 3.05. The maximum absolute atomic E-state index is 12.1. The van der Waals surface area contributed by atoms with Crippen molar-refractivity contribution in [3.8, 4) is 11.3 Å². The summed E-state index contributed by atoms with van der Waals surface area (Å²) in [5.74, 6) is 1.70. The summed E-state index contributed by atoms with van der Waals surface area (Å²) in [6, 6.07) is 11.7. The second-order valence-corrected chi connectivity index (χ2v) is 6.62. The van der Waals surface area contributed by atoms with E-state index in [1.54, 1.807) is 4.90 Å². The van der Waals surface area contributed by atoms with Crippen molar-refractivity contribution in [3.63, 3.8) is 0 Å². The quantitative estimate of drug-likeness (QED) is 0.918. The van der Waals surface area contributed by atoms with Gasteiger partial charge < -0.3 is 14.6 Å². The monoisotopic (exact) mass is 339 g/mol. The molecule has 1 aromatic carbocycles. The summed E-state index contributed by atoms with van der Waals surface area (Å²) in [7, 11) is 0. The third kappa shape index (κ3) is 3.05. The minimum atomic E-state index is -0.381. The van der Waals surface area contributed by atoms with Crippen LogP contribution < -0.4 is 5.32 Å². The molecule has 0 aliphatic carbocycles. The molecular formula is C19H21N3O3. The third-order valence-electron chi connectivity index (χ3n) is 4.92. The van der Waals surface area contributed by atoms with Crippen LogP contribution in [0.2, 0.25) is 0 Å². The van der Waals surface area contributed by atoms with Crippen LogP contribution >= 0.6 is 0 Å². The molecule has 1 N–H and O–H groups in total. The molecule has 0 spiro atoms.